The van der Waals surface area contributed by atoms with Gasteiger partial charge in [-0.05, 0) is 23.6 Å². The van der Waals surface area contributed by atoms with Gasteiger partial charge < -0.3 is 5.11 Å². The third kappa shape index (κ3) is 4.18. The van der Waals surface area contributed by atoms with E-state index >= 15 is 0 Å². The van der Waals surface area contributed by atoms with Crippen molar-refractivity contribution >= 4 is 5.65 Å². The SMILES string of the molecule is CC(C)C(CO)N(Cc1ccccc1)Cc1cc(=O)n2ccccc2n1. The molecule has 0 radical (unpaired) electrons. The topological polar surface area (TPSA) is 57.8 Å². The van der Waals surface area contributed by atoms with Gasteiger partial charge in [-0.3, -0.25) is 14.1 Å². The number of hydrogen-bond acceptors (Lipinski definition) is 4. The maximum atomic E-state index is 12.4. The number of nitrogens with zero attached hydrogens (tertiary/aromatic N) is 3. The Morgan fingerprint density at radius 2 is 1.81 bits per heavy atom. The molecule has 0 amide bonds. The van der Waals surface area contributed by atoms with E-state index in [1.54, 1.807) is 12.3 Å². The van der Waals surface area contributed by atoms with Crippen LogP contribution in [0.2, 0.25) is 0 Å². The minimum absolute atomic E-state index is 0.00812. The Morgan fingerprint density at radius 3 is 2.50 bits per heavy atom. The average molecular weight is 351 g/mol. The summed E-state index contributed by atoms with van der Waals surface area (Å²) >= 11 is 0. The van der Waals surface area contributed by atoms with Gasteiger partial charge >= 0.3 is 0 Å². The molecule has 3 aromatic rings. The number of aromatic nitrogens is 2. The predicted molar refractivity (Wildman–Crippen MR) is 103 cm³/mol. The Kier molecular flexibility index (Phi) is 5.81. The van der Waals surface area contributed by atoms with Crippen molar-refractivity contribution in [3.05, 3.63) is 82.4 Å². The zero-order valence-corrected chi connectivity index (χ0v) is 15.2. The van der Waals surface area contributed by atoms with E-state index in [4.69, 9.17) is 0 Å². The molecule has 0 aliphatic rings. The second-order valence-electron chi connectivity index (χ2n) is 6.90. The summed E-state index contributed by atoms with van der Waals surface area (Å²) in [5.74, 6) is 0.283. The molecule has 0 bridgehead atoms. The average Bonchev–Trinajstić information content (AvgIpc) is 2.63. The molecule has 5 heteroatoms. The molecule has 0 saturated carbocycles. The minimum atomic E-state index is -0.0876. The molecule has 1 aromatic carbocycles. The molecule has 0 spiro atoms. The molecule has 2 heterocycles. The molecule has 1 unspecified atom stereocenters. The van der Waals surface area contributed by atoms with E-state index in [9.17, 15) is 9.90 Å². The number of fused-ring (bicyclic) bond motifs is 1. The number of aliphatic hydroxyl groups excluding tert-OH is 1. The van der Waals surface area contributed by atoms with E-state index in [1.807, 2.05) is 36.4 Å². The molecular weight excluding hydrogens is 326 g/mol. The summed E-state index contributed by atoms with van der Waals surface area (Å²) in [5.41, 5.74) is 2.44. The summed E-state index contributed by atoms with van der Waals surface area (Å²) in [4.78, 5) is 19.2. The van der Waals surface area contributed by atoms with E-state index in [2.05, 4.69) is 35.9 Å². The maximum Gasteiger partial charge on any atom is 0.258 e. The highest BCUT2D eigenvalue weighted by Gasteiger charge is 2.22. The lowest BCUT2D eigenvalue weighted by molar-refractivity contribution is 0.0774. The van der Waals surface area contributed by atoms with Crippen molar-refractivity contribution < 1.29 is 5.11 Å². The first-order chi connectivity index (χ1) is 12.6. The summed E-state index contributed by atoms with van der Waals surface area (Å²) in [5, 5.41) is 9.92. The number of pyridine rings is 1. The van der Waals surface area contributed by atoms with Gasteiger partial charge in [0.1, 0.15) is 5.65 Å². The van der Waals surface area contributed by atoms with E-state index in [0.717, 1.165) is 5.69 Å². The van der Waals surface area contributed by atoms with Gasteiger partial charge in [0, 0.05) is 31.4 Å². The van der Waals surface area contributed by atoms with Crippen LogP contribution in [0.25, 0.3) is 5.65 Å². The van der Waals surface area contributed by atoms with Crippen LogP contribution >= 0.6 is 0 Å². The Hall–Kier alpha value is -2.50. The zero-order valence-electron chi connectivity index (χ0n) is 15.2. The largest absolute Gasteiger partial charge is 0.395 e. The number of rotatable bonds is 7. The van der Waals surface area contributed by atoms with Gasteiger partial charge in [0.15, 0.2) is 0 Å². The van der Waals surface area contributed by atoms with E-state index in [0.29, 0.717) is 18.7 Å². The third-order valence-corrected chi connectivity index (χ3v) is 4.64. The molecule has 0 fully saturated rings. The first kappa shape index (κ1) is 18.3. The van der Waals surface area contributed by atoms with Crippen molar-refractivity contribution in [3.8, 4) is 0 Å². The van der Waals surface area contributed by atoms with Crippen LogP contribution in [-0.2, 0) is 13.1 Å². The lowest BCUT2D eigenvalue weighted by atomic mass is 10.0. The molecule has 0 aliphatic heterocycles. The lowest BCUT2D eigenvalue weighted by Crippen LogP contribution is -2.41. The van der Waals surface area contributed by atoms with Gasteiger partial charge in [0.25, 0.3) is 5.56 Å². The quantitative estimate of drug-likeness (QED) is 0.711. The van der Waals surface area contributed by atoms with Crippen LogP contribution in [0.4, 0.5) is 0 Å². The maximum absolute atomic E-state index is 12.4. The van der Waals surface area contributed by atoms with Crippen molar-refractivity contribution in [1.82, 2.24) is 14.3 Å². The van der Waals surface area contributed by atoms with Crippen LogP contribution in [0.15, 0.2) is 65.6 Å². The Morgan fingerprint density at radius 1 is 1.08 bits per heavy atom. The lowest BCUT2D eigenvalue weighted by Gasteiger charge is -2.33. The number of benzene rings is 1. The molecule has 5 nitrogen and oxygen atoms in total. The highest BCUT2D eigenvalue weighted by atomic mass is 16.3. The Balaban J connectivity index is 1.93. The first-order valence-electron chi connectivity index (χ1n) is 8.94. The van der Waals surface area contributed by atoms with Crippen LogP contribution in [0.1, 0.15) is 25.1 Å². The van der Waals surface area contributed by atoms with E-state index in [-0.39, 0.29) is 24.1 Å². The second-order valence-corrected chi connectivity index (χ2v) is 6.90. The van der Waals surface area contributed by atoms with E-state index in [1.165, 1.54) is 9.96 Å². The van der Waals surface area contributed by atoms with Gasteiger partial charge in [-0.1, -0.05) is 50.2 Å². The van der Waals surface area contributed by atoms with Gasteiger partial charge in [-0.2, -0.15) is 0 Å². The molecule has 1 atom stereocenters. The summed E-state index contributed by atoms with van der Waals surface area (Å²) in [6.07, 6.45) is 1.72. The van der Waals surface area contributed by atoms with Crippen LogP contribution in [0, 0.1) is 5.92 Å². The fourth-order valence-electron chi connectivity index (χ4n) is 3.25. The molecule has 136 valence electrons. The van der Waals surface area contributed by atoms with Crippen LogP contribution < -0.4 is 5.56 Å². The minimum Gasteiger partial charge on any atom is -0.395 e. The highest BCUT2D eigenvalue weighted by Crippen LogP contribution is 2.17. The van der Waals surface area contributed by atoms with Crippen LogP contribution in [0.5, 0.6) is 0 Å². The Bertz CT molecular complexity index is 906. The molecule has 0 saturated heterocycles. The van der Waals surface area contributed by atoms with Crippen molar-refractivity contribution in [1.29, 1.82) is 0 Å². The van der Waals surface area contributed by atoms with Crippen molar-refractivity contribution in [2.24, 2.45) is 5.92 Å². The van der Waals surface area contributed by atoms with Crippen LogP contribution in [-0.4, -0.2) is 32.0 Å². The van der Waals surface area contributed by atoms with Gasteiger partial charge in [0.2, 0.25) is 0 Å². The number of hydrogen-bond donors (Lipinski definition) is 1. The van der Waals surface area contributed by atoms with Crippen molar-refractivity contribution in [2.75, 3.05) is 6.61 Å². The summed E-state index contributed by atoms with van der Waals surface area (Å²) in [6, 6.07) is 17.3. The molecule has 2 aromatic heterocycles. The smallest absolute Gasteiger partial charge is 0.258 e. The molecule has 1 N–H and O–H groups in total. The monoisotopic (exact) mass is 351 g/mol. The first-order valence-corrected chi connectivity index (χ1v) is 8.94. The third-order valence-electron chi connectivity index (χ3n) is 4.64. The summed E-state index contributed by atoms with van der Waals surface area (Å²) < 4.78 is 1.54. The van der Waals surface area contributed by atoms with Gasteiger partial charge in [0.05, 0.1) is 12.3 Å². The number of aliphatic hydroxyl groups is 1. The fourth-order valence-corrected chi connectivity index (χ4v) is 3.25. The molecule has 26 heavy (non-hydrogen) atoms. The van der Waals surface area contributed by atoms with Gasteiger partial charge in [-0.15, -0.1) is 0 Å². The fraction of sp³-hybridized carbons (Fsp3) is 0.333. The predicted octanol–water partition coefficient (Wildman–Crippen LogP) is 2.71. The molecule has 3 rings (SSSR count). The van der Waals surface area contributed by atoms with Crippen molar-refractivity contribution in [3.63, 3.8) is 0 Å². The highest BCUT2D eigenvalue weighted by molar-refractivity contribution is 5.38. The zero-order chi connectivity index (χ0) is 18.5. The second kappa shape index (κ2) is 8.25. The standard InChI is InChI=1S/C21H25N3O2/c1-16(2)19(15-25)23(13-17-8-4-3-5-9-17)14-18-12-21(26)24-11-7-6-10-20(24)22-18/h3-12,16,19,25H,13-15H2,1-2H3. The normalized spacial score (nSPS) is 12.8. The Labute approximate surface area is 153 Å². The van der Waals surface area contributed by atoms with Crippen LogP contribution in [0.3, 0.4) is 0 Å². The van der Waals surface area contributed by atoms with Crippen molar-refractivity contribution in [2.45, 2.75) is 33.0 Å². The summed E-state index contributed by atoms with van der Waals surface area (Å²) in [6.45, 7) is 5.47. The molecule has 0 aliphatic carbocycles. The summed E-state index contributed by atoms with van der Waals surface area (Å²) in [7, 11) is 0. The van der Waals surface area contributed by atoms with E-state index < -0.39 is 0 Å². The molecular formula is C21H25N3O2. The van der Waals surface area contributed by atoms with Gasteiger partial charge in [-0.25, -0.2) is 4.98 Å².